The topological polar surface area (TPSA) is 113 Å². The second-order valence-electron chi connectivity index (χ2n) is 6.89. The molecule has 0 atom stereocenters. The highest BCUT2D eigenvalue weighted by Crippen LogP contribution is 2.24. The number of anilines is 2. The van der Waals surface area contributed by atoms with Gasteiger partial charge in [-0.05, 0) is 55.5 Å². The van der Waals surface area contributed by atoms with E-state index in [-0.39, 0.29) is 10.6 Å². The van der Waals surface area contributed by atoms with Crippen molar-refractivity contribution in [3.8, 4) is 11.5 Å². The number of hydrogen-bond acceptors (Lipinski definition) is 5. The molecule has 162 valence electrons. The largest absolute Gasteiger partial charge is 0.457 e. The standard InChI is InChI=1S/C23H20N4O4S/c1-16-21(23(26-25-16)32(29,30)27-18-8-4-2-5-9-18)22(28)24-17-12-14-20(15-13-17)31-19-10-6-3-7-11-19/h2-15,27H,1H3,(H,24,28)(H,25,26). The van der Waals surface area contributed by atoms with E-state index in [1.54, 1.807) is 61.5 Å². The molecule has 0 saturated heterocycles. The molecular formula is C23H20N4O4S. The predicted molar refractivity (Wildman–Crippen MR) is 121 cm³/mol. The maximum atomic E-state index is 12.9. The third-order valence-electron chi connectivity index (χ3n) is 4.51. The molecule has 0 radical (unpaired) electrons. The average Bonchev–Trinajstić information content (AvgIpc) is 3.19. The molecule has 9 heteroatoms. The van der Waals surface area contributed by atoms with Crippen molar-refractivity contribution in [1.29, 1.82) is 0 Å². The van der Waals surface area contributed by atoms with Crippen molar-refractivity contribution in [3.63, 3.8) is 0 Å². The Bertz CT molecular complexity index is 1320. The molecule has 0 aliphatic rings. The number of carbonyl (C=O) groups excluding carboxylic acids is 1. The van der Waals surface area contributed by atoms with Crippen LogP contribution in [-0.2, 0) is 10.0 Å². The number of para-hydroxylation sites is 2. The van der Waals surface area contributed by atoms with Gasteiger partial charge in [0.2, 0.25) is 5.03 Å². The molecule has 0 spiro atoms. The Morgan fingerprint density at radius 2 is 1.44 bits per heavy atom. The van der Waals surface area contributed by atoms with Gasteiger partial charge in [0.1, 0.15) is 17.1 Å². The number of aromatic nitrogens is 2. The quantitative estimate of drug-likeness (QED) is 0.383. The molecule has 4 aromatic rings. The minimum atomic E-state index is -4.07. The first-order chi connectivity index (χ1) is 15.4. The van der Waals surface area contributed by atoms with Gasteiger partial charge in [0.05, 0.1) is 0 Å². The van der Waals surface area contributed by atoms with Gasteiger partial charge < -0.3 is 10.1 Å². The molecule has 4 rings (SSSR count). The first-order valence-electron chi connectivity index (χ1n) is 9.69. The van der Waals surface area contributed by atoms with E-state index in [0.717, 1.165) is 0 Å². The van der Waals surface area contributed by atoms with Crippen LogP contribution in [0.5, 0.6) is 11.5 Å². The highest BCUT2D eigenvalue weighted by Gasteiger charge is 2.28. The summed E-state index contributed by atoms with van der Waals surface area (Å²) < 4.78 is 33.8. The summed E-state index contributed by atoms with van der Waals surface area (Å²) in [6.45, 7) is 1.58. The maximum Gasteiger partial charge on any atom is 0.282 e. The van der Waals surface area contributed by atoms with Gasteiger partial charge in [-0.1, -0.05) is 36.4 Å². The highest BCUT2D eigenvalue weighted by molar-refractivity contribution is 7.92. The summed E-state index contributed by atoms with van der Waals surface area (Å²) in [5.74, 6) is 0.699. The Hall–Kier alpha value is -4.11. The number of nitrogens with zero attached hydrogens (tertiary/aromatic N) is 1. The summed E-state index contributed by atoms with van der Waals surface area (Å²) >= 11 is 0. The van der Waals surface area contributed by atoms with Crippen LogP contribution < -0.4 is 14.8 Å². The number of aromatic amines is 1. The van der Waals surface area contributed by atoms with E-state index in [0.29, 0.717) is 28.6 Å². The van der Waals surface area contributed by atoms with Crippen LogP contribution in [0.4, 0.5) is 11.4 Å². The van der Waals surface area contributed by atoms with Crippen LogP contribution in [0.15, 0.2) is 90.0 Å². The van der Waals surface area contributed by atoms with Crippen molar-refractivity contribution in [2.45, 2.75) is 11.9 Å². The number of rotatable bonds is 7. The van der Waals surface area contributed by atoms with E-state index in [2.05, 4.69) is 20.2 Å². The van der Waals surface area contributed by atoms with Gasteiger partial charge in [0, 0.05) is 17.1 Å². The van der Waals surface area contributed by atoms with Gasteiger partial charge in [-0.25, -0.2) is 0 Å². The lowest BCUT2D eigenvalue weighted by molar-refractivity contribution is 0.102. The molecule has 1 amide bonds. The number of ether oxygens (including phenoxy) is 1. The van der Waals surface area contributed by atoms with Crippen molar-refractivity contribution in [2.75, 3.05) is 10.0 Å². The van der Waals surface area contributed by atoms with Crippen molar-refractivity contribution in [3.05, 3.63) is 96.2 Å². The van der Waals surface area contributed by atoms with Crippen LogP contribution in [0.2, 0.25) is 0 Å². The minimum absolute atomic E-state index is 0.0574. The lowest BCUT2D eigenvalue weighted by Gasteiger charge is -2.10. The number of aryl methyl sites for hydroxylation is 1. The molecule has 0 saturated carbocycles. The Balaban J connectivity index is 1.51. The van der Waals surface area contributed by atoms with Crippen molar-refractivity contribution < 1.29 is 17.9 Å². The van der Waals surface area contributed by atoms with Gasteiger partial charge in [-0.2, -0.15) is 13.5 Å². The Morgan fingerprint density at radius 3 is 2.09 bits per heavy atom. The zero-order valence-electron chi connectivity index (χ0n) is 17.1. The van der Waals surface area contributed by atoms with Gasteiger partial charge in [0.15, 0.2) is 0 Å². The van der Waals surface area contributed by atoms with E-state index < -0.39 is 15.9 Å². The van der Waals surface area contributed by atoms with Crippen LogP contribution in [0.3, 0.4) is 0 Å². The number of sulfonamides is 1. The summed E-state index contributed by atoms with van der Waals surface area (Å²) in [6.07, 6.45) is 0. The molecule has 0 bridgehead atoms. The monoisotopic (exact) mass is 448 g/mol. The van der Waals surface area contributed by atoms with E-state index in [4.69, 9.17) is 4.74 Å². The van der Waals surface area contributed by atoms with Crippen molar-refractivity contribution >= 4 is 27.3 Å². The average molecular weight is 449 g/mol. The molecule has 3 N–H and O–H groups in total. The molecule has 0 unspecified atom stereocenters. The number of benzene rings is 3. The second kappa shape index (κ2) is 8.94. The third kappa shape index (κ3) is 4.79. The SMILES string of the molecule is Cc1[nH]nc(S(=O)(=O)Nc2ccccc2)c1C(=O)Nc1ccc(Oc2ccccc2)cc1. The van der Waals surface area contributed by atoms with E-state index >= 15 is 0 Å². The highest BCUT2D eigenvalue weighted by atomic mass is 32.2. The lowest BCUT2D eigenvalue weighted by Crippen LogP contribution is -2.20. The van der Waals surface area contributed by atoms with Gasteiger partial charge in [-0.3, -0.25) is 14.6 Å². The number of amides is 1. The van der Waals surface area contributed by atoms with Gasteiger partial charge in [0.25, 0.3) is 15.9 Å². The Kier molecular flexibility index (Phi) is 5.91. The minimum Gasteiger partial charge on any atom is -0.457 e. The summed E-state index contributed by atoms with van der Waals surface area (Å²) in [5.41, 5.74) is 1.13. The van der Waals surface area contributed by atoms with Crippen LogP contribution >= 0.6 is 0 Å². The first kappa shape index (κ1) is 21.1. The molecule has 0 fully saturated rings. The summed E-state index contributed by atoms with van der Waals surface area (Å²) in [5, 5.41) is 8.76. The number of nitrogens with one attached hydrogen (secondary N) is 3. The molecular weight excluding hydrogens is 428 g/mol. The zero-order valence-corrected chi connectivity index (χ0v) is 17.9. The van der Waals surface area contributed by atoms with Crippen LogP contribution in [0, 0.1) is 6.92 Å². The number of carbonyl (C=O) groups is 1. The maximum absolute atomic E-state index is 12.9. The summed E-state index contributed by atoms with van der Waals surface area (Å²) in [7, 11) is -4.07. The fraction of sp³-hybridized carbons (Fsp3) is 0.0435. The second-order valence-corrected chi connectivity index (χ2v) is 8.49. The molecule has 0 aliphatic carbocycles. The fourth-order valence-electron chi connectivity index (χ4n) is 3.00. The zero-order chi connectivity index (χ0) is 22.6. The first-order valence-corrected chi connectivity index (χ1v) is 11.2. The lowest BCUT2D eigenvalue weighted by atomic mass is 10.2. The molecule has 32 heavy (non-hydrogen) atoms. The van der Waals surface area contributed by atoms with E-state index in [1.165, 1.54) is 0 Å². The van der Waals surface area contributed by atoms with Crippen LogP contribution in [0.25, 0.3) is 0 Å². The van der Waals surface area contributed by atoms with E-state index in [9.17, 15) is 13.2 Å². The van der Waals surface area contributed by atoms with Crippen molar-refractivity contribution in [1.82, 2.24) is 10.2 Å². The van der Waals surface area contributed by atoms with Crippen LogP contribution in [0.1, 0.15) is 16.1 Å². The number of hydrogen-bond donors (Lipinski definition) is 3. The van der Waals surface area contributed by atoms with E-state index in [1.807, 2.05) is 30.3 Å². The third-order valence-corrected chi connectivity index (χ3v) is 5.82. The summed E-state index contributed by atoms with van der Waals surface area (Å²) in [6, 6.07) is 24.4. The fourth-order valence-corrected chi connectivity index (χ4v) is 4.23. The number of H-pyrrole nitrogens is 1. The Labute approximate surface area is 185 Å². The normalized spacial score (nSPS) is 11.0. The van der Waals surface area contributed by atoms with Gasteiger partial charge in [-0.15, -0.1) is 0 Å². The predicted octanol–water partition coefficient (Wildman–Crippen LogP) is 4.56. The smallest absolute Gasteiger partial charge is 0.282 e. The van der Waals surface area contributed by atoms with Crippen molar-refractivity contribution in [2.24, 2.45) is 0 Å². The molecule has 3 aromatic carbocycles. The summed E-state index contributed by atoms with van der Waals surface area (Å²) in [4.78, 5) is 12.9. The van der Waals surface area contributed by atoms with Crippen LogP contribution in [-0.4, -0.2) is 24.5 Å². The molecule has 8 nitrogen and oxygen atoms in total. The molecule has 1 heterocycles. The van der Waals surface area contributed by atoms with Gasteiger partial charge >= 0.3 is 0 Å². The molecule has 0 aliphatic heterocycles. The Morgan fingerprint density at radius 1 is 0.844 bits per heavy atom. The molecule has 1 aromatic heterocycles.